The van der Waals surface area contributed by atoms with Crippen LogP contribution in [0.15, 0.2) is 18.2 Å². The van der Waals surface area contributed by atoms with Gasteiger partial charge in [0.25, 0.3) is 0 Å². The van der Waals surface area contributed by atoms with Crippen molar-refractivity contribution in [2.24, 2.45) is 0 Å². The predicted octanol–water partition coefficient (Wildman–Crippen LogP) is 0.262. The van der Waals surface area contributed by atoms with E-state index in [1.165, 1.54) is 0 Å². The van der Waals surface area contributed by atoms with Crippen molar-refractivity contribution >= 4 is 23.5 Å². The van der Waals surface area contributed by atoms with Gasteiger partial charge < -0.3 is 25.6 Å². The van der Waals surface area contributed by atoms with Crippen molar-refractivity contribution in [2.45, 2.75) is 12.3 Å². The summed E-state index contributed by atoms with van der Waals surface area (Å²) >= 11 is 0. The zero-order chi connectivity index (χ0) is 17.1. The van der Waals surface area contributed by atoms with Gasteiger partial charge in [0, 0.05) is 38.3 Å². The number of urea groups is 1. The molecule has 0 bridgehead atoms. The lowest BCUT2D eigenvalue weighted by molar-refractivity contribution is -0.126. The SMILES string of the molecule is COc1ccc2c(c1)[C@H](C(=O)NCCN1CCNC1=O)CC(=O)N2. The molecule has 24 heavy (non-hydrogen) atoms. The summed E-state index contributed by atoms with van der Waals surface area (Å²) in [5.74, 6) is -0.335. The molecule has 2 aliphatic heterocycles. The lowest BCUT2D eigenvalue weighted by Crippen LogP contribution is -2.40. The van der Waals surface area contributed by atoms with Crippen LogP contribution in [0.2, 0.25) is 0 Å². The Labute approximate surface area is 139 Å². The summed E-state index contributed by atoms with van der Waals surface area (Å²) in [4.78, 5) is 37.5. The number of amides is 4. The summed E-state index contributed by atoms with van der Waals surface area (Å²) in [5, 5.41) is 8.29. The minimum atomic E-state index is -0.559. The van der Waals surface area contributed by atoms with Gasteiger partial charge in [0.05, 0.1) is 13.0 Å². The Bertz CT molecular complexity index is 676. The van der Waals surface area contributed by atoms with Crippen molar-refractivity contribution < 1.29 is 19.1 Å². The Morgan fingerprint density at radius 3 is 2.96 bits per heavy atom. The number of carbonyl (C=O) groups is 3. The summed E-state index contributed by atoms with van der Waals surface area (Å²) < 4.78 is 5.20. The Balaban J connectivity index is 1.66. The molecule has 1 fully saturated rings. The number of nitrogens with zero attached hydrogens (tertiary/aromatic N) is 1. The molecule has 0 unspecified atom stereocenters. The second-order valence-electron chi connectivity index (χ2n) is 5.77. The summed E-state index contributed by atoms with van der Waals surface area (Å²) in [6.45, 7) is 2.06. The van der Waals surface area contributed by atoms with Crippen LogP contribution in [0.5, 0.6) is 5.75 Å². The van der Waals surface area contributed by atoms with Crippen LogP contribution < -0.4 is 20.7 Å². The Morgan fingerprint density at radius 1 is 1.42 bits per heavy atom. The minimum Gasteiger partial charge on any atom is -0.497 e. The third kappa shape index (κ3) is 3.27. The van der Waals surface area contributed by atoms with Crippen molar-refractivity contribution in [1.29, 1.82) is 0 Å². The fourth-order valence-corrected chi connectivity index (χ4v) is 2.96. The highest BCUT2D eigenvalue weighted by Gasteiger charge is 2.31. The molecule has 1 aromatic carbocycles. The molecule has 0 radical (unpaired) electrons. The fourth-order valence-electron chi connectivity index (χ4n) is 2.96. The van der Waals surface area contributed by atoms with E-state index in [2.05, 4.69) is 16.0 Å². The van der Waals surface area contributed by atoms with Gasteiger partial charge in [-0.2, -0.15) is 0 Å². The van der Waals surface area contributed by atoms with Crippen LogP contribution in [0, 0.1) is 0 Å². The Kier molecular flexibility index (Phi) is 4.54. The maximum Gasteiger partial charge on any atom is 0.317 e. The number of hydrogen-bond acceptors (Lipinski definition) is 4. The largest absolute Gasteiger partial charge is 0.497 e. The molecule has 8 heteroatoms. The monoisotopic (exact) mass is 332 g/mol. The van der Waals surface area contributed by atoms with Crippen LogP contribution in [0.1, 0.15) is 17.9 Å². The zero-order valence-electron chi connectivity index (χ0n) is 13.4. The van der Waals surface area contributed by atoms with Crippen LogP contribution in [0.3, 0.4) is 0 Å². The summed E-state index contributed by atoms with van der Waals surface area (Å²) in [5.41, 5.74) is 1.37. The molecule has 1 atom stereocenters. The number of carbonyl (C=O) groups excluding carboxylic acids is 3. The molecule has 128 valence electrons. The van der Waals surface area contributed by atoms with Crippen molar-refractivity contribution in [3.63, 3.8) is 0 Å². The number of benzene rings is 1. The molecule has 0 saturated carbocycles. The first kappa shape index (κ1) is 16.1. The van der Waals surface area contributed by atoms with E-state index in [1.807, 2.05) is 0 Å². The lowest BCUT2D eigenvalue weighted by Gasteiger charge is -2.25. The highest BCUT2D eigenvalue weighted by molar-refractivity contribution is 6.01. The average molecular weight is 332 g/mol. The highest BCUT2D eigenvalue weighted by atomic mass is 16.5. The topological polar surface area (TPSA) is 99.8 Å². The van der Waals surface area contributed by atoms with E-state index in [9.17, 15) is 14.4 Å². The number of anilines is 1. The summed E-state index contributed by atoms with van der Waals surface area (Å²) in [6.07, 6.45) is 0.0935. The maximum atomic E-state index is 12.5. The molecule has 1 aromatic rings. The first-order valence-electron chi connectivity index (χ1n) is 7.87. The van der Waals surface area contributed by atoms with Gasteiger partial charge in [-0.05, 0) is 23.8 Å². The van der Waals surface area contributed by atoms with Gasteiger partial charge in [-0.15, -0.1) is 0 Å². The Hall–Kier alpha value is -2.77. The molecule has 4 amide bonds. The van der Waals surface area contributed by atoms with Gasteiger partial charge in [0.2, 0.25) is 11.8 Å². The lowest BCUT2D eigenvalue weighted by atomic mass is 9.89. The third-order valence-electron chi connectivity index (χ3n) is 4.24. The fraction of sp³-hybridized carbons (Fsp3) is 0.438. The van der Waals surface area contributed by atoms with E-state index in [4.69, 9.17) is 4.74 Å². The smallest absolute Gasteiger partial charge is 0.317 e. The third-order valence-corrected chi connectivity index (χ3v) is 4.24. The van der Waals surface area contributed by atoms with E-state index >= 15 is 0 Å². The molecule has 0 aliphatic carbocycles. The minimum absolute atomic E-state index is 0.0935. The number of hydrogen-bond donors (Lipinski definition) is 3. The first-order chi connectivity index (χ1) is 11.6. The Morgan fingerprint density at radius 2 is 2.25 bits per heavy atom. The number of fused-ring (bicyclic) bond motifs is 1. The van der Waals surface area contributed by atoms with Crippen molar-refractivity contribution in [1.82, 2.24) is 15.5 Å². The zero-order valence-corrected chi connectivity index (χ0v) is 13.4. The summed E-state index contributed by atoms with van der Waals surface area (Å²) in [6, 6.07) is 5.13. The van der Waals surface area contributed by atoms with Gasteiger partial charge in [-0.3, -0.25) is 9.59 Å². The van der Waals surface area contributed by atoms with Gasteiger partial charge >= 0.3 is 6.03 Å². The van der Waals surface area contributed by atoms with Crippen molar-refractivity contribution in [3.05, 3.63) is 23.8 Å². The van der Waals surface area contributed by atoms with Crippen LogP contribution in [0.25, 0.3) is 0 Å². The van der Waals surface area contributed by atoms with Crippen LogP contribution in [-0.4, -0.2) is 56.0 Å². The van der Waals surface area contributed by atoms with Crippen molar-refractivity contribution in [3.8, 4) is 5.75 Å². The van der Waals surface area contributed by atoms with E-state index in [1.54, 1.807) is 30.2 Å². The predicted molar refractivity (Wildman–Crippen MR) is 87.0 cm³/mol. The van der Waals surface area contributed by atoms with E-state index in [0.29, 0.717) is 37.6 Å². The van der Waals surface area contributed by atoms with Crippen LogP contribution in [0.4, 0.5) is 10.5 Å². The number of rotatable bonds is 5. The molecular weight excluding hydrogens is 312 g/mol. The van der Waals surface area contributed by atoms with E-state index < -0.39 is 5.92 Å². The number of nitrogens with one attached hydrogen (secondary N) is 3. The molecule has 8 nitrogen and oxygen atoms in total. The second-order valence-corrected chi connectivity index (χ2v) is 5.77. The van der Waals surface area contributed by atoms with Gasteiger partial charge in [-0.25, -0.2) is 4.79 Å². The van der Waals surface area contributed by atoms with Gasteiger partial charge in [-0.1, -0.05) is 0 Å². The van der Waals surface area contributed by atoms with E-state index in [-0.39, 0.29) is 24.3 Å². The van der Waals surface area contributed by atoms with Crippen LogP contribution >= 0.6 is 0 Å². The highest BCUT2D eigenvalue weighted by Crippen LogP contribution is 2.34. The average Bonchev–Trinajstić information content (AvgIpc) is 2.98. The summed E-state index contributed by atoms with van der Waals surface area (Å²) in [7, 11) is 1.55. The van der Waals surface area contributed by atoms with E-state index in [0.717, 1.165) is 5.56 Å². The van der Waals surface area contributed by atoms with Gasteiger partial charge in [0.15, 0.2) is 0 Å². The molecular formula is C16H20N4O4. The normalized spacial score (nSPS) is 19.4. The maximum absolute atomic E-state index is 12.5. The molecule has 3 rings (SSSR count). The first-order valence-corrected chi connectivity index (χ1v) is 7.87. The number of ether oxygens (including phenoxy) is 1. The second kappa shape index (κ2) is 6.77. The molecule has 0 aromatic heterocycles. The van der Waals surface area contributed by atoms with Gasteiger partial charge in [0.1, 0.15) is 5.75 Å². The number of methoxy groups -OCH3 is 1. The molecule has 2 aliphatic rings. The standard InChI is InChI=1S/C16H20N4O4/c1-24-10-2-3-13-11(8-10)12(9-14(21)19-13)15(22)17-4-6-20-7-5-18-16(20)23/h2-3,8,12H,4-7,9H2,1H3,(H,17,22)(H,18,23)(H,19,21)/t12-/m1/s1. The van der Waals surface area contributed by atoms with Crippen LogP contribution in [-0.2, 0) is 9.59 Å². The molecule has 0 spiro atoms. The molecule has 1 saturated heterocycles. The quantitative estimate of drug-likeness (QED) is 0.720. The van der Waals surface area contributed by atoms with Crippen molar-refractivity contribution in [2.75, 3.05) is 38.6 Å². The molecule has 2 heterocycles. The molecule has 3 N–H and O–H groups in total.